The van der Waals surface area contributed by atoms with Gasteiger partial charge in [0.2, 0.25) is 0 Å². The summed E-state index contributed by atoms with van der Waals surface area (Å²) < 4.78 is 7.60. The fourth-order valence-corrected chi connectivity index (χ4v) is 3.06. The Morgan fingerprint density at radius 3 is 2.88 bits per heavy atom. The van der Waals surface area contributed by atoms with Crippen molar-refractivity contribution in [3.05, 3.63) is 48.3 Å². The maximum absolute atomic E-state index is 12.7. The number of nitrogens with zero attached hydrogens (tertiary/aromatic N) is 3. The van der Waals surface area contributed by atoms with Gasteiger partial charge in [-0.15, -0.1) is 0 Å². The average molecular weight is 327 g/mol. The summed E-state index contributed by atoms with van der Waals surface area (Å²) in [6, 6.07) is 9.84. The molecule has 128 valence electrons. The van der Waals surface area contributed by atoms with Crippen LogP contribution in [0.5, 0.6) is 0 Å². The lowest BCUT2D eigenvalue weighted by Gasteiger charge is -2.20. The zero-order valence-corrected chi connectivity index (χ0v) is 14.2. The van der Waals surface area contributed by atoms with Gasteiger partial charge in [-0.1, -0.05) is 25.1 Å². The first kappa shape index (κ1) is 16.7. The van der Waals surface area contributed by atoms with Crippen LogP contribution in [0.3, 0.4) is 0 Å². The Kier molecular flexibility index (Phi) is 5.64. The van der Waals surface area contributed by atoms with Crippen molar-refractivity contribution in [1.29, 1.82) is 0 Å². The number of hydrogen-bond donors (Lipinski definition) is 0. The Morgan fingerprint density at radius 2 is 2.08 bits per heavy atom. The highest BCUT2D eigenvalue weighted by atomic mass is 16.5. The number of hydrogen-bond acceptors (Lipinski definition) is 3. The highest BCUT2D eigenvalue weighted by Crippen LogP contribution is 2.17. The first-order valence-electron chi connectivity index (χ1n) is 8.79. The van der Waals surface area contributed by atoms with Gasteiger partial charge in [0.05, 0.1) is 23.6 Å². The summed E-state index contributed by atoms with van der Waals surface area (Å²) >= 11 is 0. The molecular formula is C19H25N3O2. The highest BCUT2D eigenvalue weighted by Gasteiger charge is 2.22. The molecule has 0 radical (unpaired) electrons. The van der Waals surface area contributed by atoms with Gasteiger partial charge < -0.3 is 9.64 Å². The molecule has 1 atom stereocenters. The average Bonchev–Trinajstić information content (AvgIpc) is 3.00. The van der Waals surface area contributed by atoms with E-state index in [0.717, 1.165) is 51.1 Å². The molecule has 0 spiro atoms. The van der Waals surface area contributed by atoms with Crippen molar-refractivity contribution in [3.8, 4) is 5.69 Å². The quantitative estimate of drug-likeness (QED) is 0.846. The molecule has 1 aromatic carbocycles. The molecule has 24 heavy (non-hydrogen) atoms. The molecule has 5 heteroatoms. The Morgan fingerprint density at radius 1 is 1.25 bits per heavy atom. The summed E-state index contributed by atoms with van der Waals surface area (Å²) in [6.45, 7) is 4.48. The van der Waals surface area contributed by atoms with Crippen molar-refractivity contribution in [2.45, 2.75) is 38.7 Å². The Hall–Kier alpha value is -2.14. The number of aromatic nitrogens is 2. The van der Waals surface area contributed by atoms with E-state index in [1.807, 2.05) is 41.4 Å². The van der Waals surface area contributed by atoms with E-state index in [9.17, 15) is 4.79 Å². The number of ether oxygens (including phenoxy) is 1. The van der Waals surface area contributed by atoms with Crippen LogP contribution in [0.25, 0.3) is 5.69 Å². The van der Waals surface area contributed by atoms with Gasteiger partial charge in [-0.2, -0.15) is 5.10 Å². The molecule has 5 nitrogen and oxygen atoms in total. The van der Waals surface area contributed by atoms with Gasteiger partial charge in [0, 0.05) is 25.9 Å². The number of amides is 1. The molecule has 0 bridgehead atoms. The molecule has 0 aliphatic carbocycles. The van der Waals surface area contributed by atoms with Gasteiger partial charge >= 0.3 is 0 Å². The molecule has 1 aromatic heterocycles. The van der Waals surface area contributed by atoms with Crippen LogP contribution in [-0.4, -0.2) is 46.4 Å². The minimum absolute atomic E-state index is 0.0633. The second-order valence-corrected chi connectivity index (χ2v) is 6.23. The lowest BCUT2D eigenvalue weighted by atomic mass is 10.2. The van der Waals surface area contributed by atoms with Crippen molar-refractivity contribution >= 4 is 5.91 Å². The van der Waals surface area contributed by atoms with Crippen LogP contribution < -0.4 is 0 Å². The number of carbonyl (C=O) groups excluding carboxylic acids is 1. The van der Waals surface area contributed by atoms with E-state index in [2.05, 4.69) is 12.0 Å². The van der Waals surface area contributed by atoms with Crippen molar-refractivity contribution in [2.24, 2.45) is 0 Å². The number of benzene rings is 1. The summed E-state index contributed by atoms with van der Waals surface area (Å²) in [4.78, 5) is 14.7. The lowest BCUT2D eigenvalue weighted by Crippen LogP contribution is -2.32. The van der Waals surface area contributed by atoms with Gasteiger partial charge in [0.1, 0.15) is 0 Å². The summed E-state index contributed by atoms with van der Waals surface area (Å²) in [7, 11) is 0. The Labute approximate surface area is 143 Å². The van der Waals surface area contributed by atoms with Crippen LogP contribution in [0.2, 0.25) is 0 Å². The zero-order valence-electron chi connectivity index (χ0n) is 14.2. The van der Waals surface area contributed by atoms with Crippen LogP contribution in [-0.2, 0) is 4.74 Å². The van der Waals surface area contributed by atoms with Gasteiger partial charge in [0.15, 0.2) is 0 Å². The van der Waals surface area contributed by atoms with Crippen LogP contribution in [0, 0.1) is 0 Å². The predicted octanol–water partition coefficient (Wildman–Crippen LogP) is 3.29. The zero-order chi connectivity index (χ0) is 16.8. The summed E-state index contributed by atoms with van der Waals surface area (Å²) in [5, 5.41) is 4.33. The Balaban J connectivity index is 1.63. The summed E-state index contributed by atoms with van der Waals surface area (Å²) in [6.07, 6.45) is 7.74. The number of carbonyl (C=O) groups is 1. The Bertz CT molecular complexity index is 654. The molecule has 1 aliphatic heterocycles. The normalized spacial score (nSPS) is 18.4. The third-order valence-electron chi connectivity index (χ3n) is 4.37. The van der Waals surface area contributed by atoms with Crippen LogP contribution >= 0.6 is 0 Å². The van der Waals surface area contributed by atoms with E-state index in [0.29, 0.717) is 5.56 Å². The molecule has 1 saturated heterocycles. The topological polar surface area (TPSA) is 47.4 Å². The molecule has 1 fully saturated rings. The molecular weight excluding hydrogens is 302 g/mol. The molecule has 2 heterocycles. The molecule has 0 unspecified atom stereocenters. The van der Waals surface area contributed by atoms with Gasteiger partial charge in [-0.05, 0) is 37.8 Å². The number of para-hydroxylation sites is 1. The molecule has 1 amide bonds. The van der Waals surface area contributed by atoms with E-state index < -0.39 is 0 Å². The SMILES string of the molecule is CCCO[C@@H]1CCCN(C(=O)c2cnn(-c3ccccc3)c2)CC1. The van der Waals surface area contributed by atoms with E-state index >= 15 is 0 Å². The van der Waals surface area contributed by atoms with E-state index in [1.54, 1.807) is 10.9 Å². The minimum Gasteiger partial charge on any atom is -0.378 e. The van der Waals surface area contributed by atoms with Gasteiger partial charge in [-0.3, -0.25) is 4.79 Å². The maximum Gasteiger partial charge on any atom is 0.257 e. The minimum atomic E-state index is 0.0633. The van der Waals surface area contributed by atoms with E-state index in [-0.39, 0.29) is 12.0 Å². The second-order valence-electron chi connectivity index (χ2n) is 6.23. The monoisotopic (exact) mass is 327 g/mol. The number of likely N-dealkylation sites (tertiary alicyclic amines) is 1. The smallest absolute Gasteiger partial charge is 0.257 e. The van der Waals surface area contributed by atoms with E-state index in [1.165, 1.54) is 0 Å². The summed E-state index contributed by atoms with van der Waals surface area (Å²) in [5.41, 5.74) is 1.60. The van der Waals surface area contributed by atoms with Crippen LogP contribution in [0.15, 0.2) is 42.7 Å². The van der Waals surface area contributed by atoms with Crippen molar-refractivity contribution in [2.75, 3.05) is 19.7 Å². The first-order valence-corrected chi connectivity index (χ1v) is 8.79. The fraction of sp³-hybridized carbons (Fsp3) is 0.474. The molecule has 3 rings (SSSR count). The fourth-order valence-electron chi connectivity index (χ4n) is 3.06. The van der Waals surface area contributed by atoms with Crippen LogP contribution in [0.1, 0.15) is 43.0 Å². The molecule has 0 saturated carbocycles. The largest absolute Gasteiger partial charge is 0.378 e. The first-order chi connectivity index (χ1) is 11.8. The number of rotatable bonds is 5. The molecule has 0 N–H and O–H groups in total. The lowest BCUT2D eigenvalue weighted by molar-refractivity contribution is 0.0432. The predicted molar refractivity (Wildman–Crippen MR) is 93.3 cm³/mol. The highest BCUT2D eigenvalue weighted by molar-refractivity contribution is 5.93. The van der Waals surface area contributed by atoms with Crippen LogP contribution in [0.4, 0.5) is 0 Å². The molecule has 1 aliphatic rings. The third-order valence-corrected chi connectivity index (χ3v) is 4.37. The summed E-state index contributed by atoms with van der Waals surface area (Å²) in [5.74, 6) is 0.0633. The van der Waals surface area contributed by atoms with Gasteiger partial charge in [-0.25, -0.2) is 4.68 Å². The van der Waals surface area contributed by atoms with Crippen molar-refractivity contribution < 1.29 is 9.53 Å². The van der Waals surface area contributed by atoms with Gasteiger partial charge in [0.25, 0.3) is 5.91 Å². The standard InChI is InChI=1S/C19H25N3O2/c1-2-13-24-18-9-6-11-21(12-10-18)19(23)16-14-20-22(15-16)17-7-4-3-5-8-17/h3-5,7-8,14-15,18H,2,6,9-13H2,1H3/t18-/m1/s1. The van der Waals surface area contributed by atoms with E-state index in [4.69, 9.17) is 4.74 Å². The third kappa shape index (κ3) is 4.03. The van der Waals surface area contributed by atoms with Crippen molar-refractivity contribution in [3.63, 3.8) is 0 Å². The van der Waals surface area contributed by atoms with Crippen molar-refractivity contribution in [1.82, 2.24) is 14.7 Å². The molecule has 2 aromatic rings. The second kappa shape index (κ2) is 8.11. The maximum atomic E-state index is 12.7.